The molecule has 0 N–H and O–H groups in total. The molecule has 8 nitrogen and oxygen atoms in total. The highest BCUT2D eigenvalue weighted by Crippen LogP contribution is 2.34. The molecule has 2 aliphatic rings. The monoisotopic (exact) mass is 537 g/mol. The van der Waals surface area contributed by atoms with E-state index in [9.17, 15) is 14.0 Å². The number of ether oxygens (including phenoxy) is 1. The molecule has 38 heavy (non-hydrogen) atoms. The third-order valence-corrected chi connectivity index (χ3v) is 7.69. The summed E-state index contributed by atoms with van der Waals surface area (Å²) in [7, 11) is 1.67. The predicted molar refractivity (Wildman–Crippen MR) is 142 cm³/mol. The molecule has 3 heterocycles. The zero-order valence-corrected chi connectivity index (χ0v) is 21.8. The summed E-state index contributed by atoms with van der Waals surface area (Å²) in [5.74, 6) is 0.629. The van der Waals surface area contributed by atoms with E-state index < -0.39 is 11.9 Å². The van der Waals surface area contributed by atoms with Crippen LogP contribution in [0.1, 0.15) is 24.3 Å². The summed E-state index contributed by atoms with van der Waals surface area (Å²) < 4.78 is 18.8. The lowest BCUT2D eigenvalue weighted by Gasteiger charge is -2.34. The minimum Gasteiger partial charge on any atom is -0.410 e. The van der Waals surface area contributed by atoms with Gasteiger partial charge in [0, 0.05) is 56.3 Å². The third-order valence-electron chi connectivity index (χ3n) is 7.44. The van der Waals surface area contributed by atoms with Crippen LogP contribution in [0, 0.1) is 11.7 Å². The topological polar surface area (TPSA) is 78.9 Å². The van der Waals surface area contributed by atoms with Crippen LogP contribution in [-0.4, -0.2) is 71.0 Å². The van der Waals surface area contributed by atoms with Crippen molar-refractivity contribution in [1.29, 1.82) is 0 Å². The maximum atomic E-state index is 13.6. The van der Waals surface area contributed by atoms with Crippen molar-refractivity contribution >= 4 is 29.4 Å². The van der Waals surface area contributed by atoms with Gasteiger partial charge in [0.15, 0.2) is 0 Å². The SMILES string of the molecule is CN(C(=O)Oc1ccc(F)cc1)[C@@H]1CN(C(=O)C2CCN(c3ccncn3)CC2)C[C@H]1c1ccc(Cl)cc1. The fraction of sp³-hybridized carbons (Fsp3) is 0.357. The summed E-state index contributed by atoms with van der Waals surface area (Å²) in [6.07, 6.45) is 4.16. The molecule has 0 unspecified atom stereocenters. The van der Waals surface area contributed by atoms with Crippen molar-refractivity contribution in [1.82, 2.24) is 19.8 Å². The summed E-state index contributed by atoms with van der Waals surface area (Å²) in [5.41, 5.74) is 0.995. The van der Waals surface area contributed by atoms with Gasteiger partial charge in [-0.15, -0.1) is 0 Å². The Morgan fingerprint density at radius 2 is 1.74 bits per heavy atom. The Morgan fingerprint density at radius 1 is 1.03 bits per heavy atom. The van der Waals surface area contributed by atoms with Gasteiger partial charge >= 0.3 is 6.09 Å². The first-order valence-electron chi connectivity index (χ1n) is 12.6. The molecule has 1 aromatic heterocycles. The third kappa shape index (κ3) is 5.72. The summed E-state index contributed by atoms with van der Waals surface area (Å²) in [6.45, 7) is 2.38. The van der Waals surface area contributed by atoms with E-state index in [1.165, 1.54) is 35.5 Å². The molecule has 2 aromatic carbocycles. The number of rotatable bonds is 5. The zero-order valence-electron chi connectivity index (χ0n) is 21.0. The molecule has 0 radical (unpaired) electrons. The number of likely N-dealkylation sites (tertiary alicyclic amines) is 1. The van der Waals surface area contributed by atoms with E-state index in [1.807, 2.05) is 35.2 Å². The number of halogens is 2. The van der Waals surface area contributed by atoms with E-state index in [4.69, 9.17) is 16.3 Å². The minimum atomic E-state index is -0.562. The van der Waals surface area contributed by atoms with Crippen molar-refractivity contribution < 1.29 is 18.7 Å². The lowest BCUT2D eigenvalue weighted by molar-refractivity contribution is -0.135. The maximum absolute atomic E-state index is 13.6. The van der Waals surface area contributed by atoms with E-state index >= 15 is 0 Å². The fourth-order valence-corrected chi connectivity index (χ4v) is 5.42. The second-order valence-corrected chi connectivity index (χ2v) is 10.2. The number of carbonyl (C=O) groups is 2. The lowest BCUT2D eigenvalue weighted by atomic mass is 9.93. The van der Waals surface area contributed by atoms with Crippen molar-refractivity contribution in [3.8, 4) is 5.75 Å². The summed E-state index contributed by atoms with van der Waals surface area (Å²) in [5, 5.41) is 0.621. The molecule has 2 atom stereocenters. The van der Waals surface area contributed by atoms with E-state index in [0.29, 0.717) is 18.1 Å². The number of anilines is 1. The molecule has 2 aliphatic heterocycles. The van der Waals surface area contributed by atoms with Crippen molar-refractivity contribution in [3.63, 3.8) is 0 Å². The van der Waals surface area contributed by atoms with E-state index in [2.05, 4.69) is 14.9 Å². The molecule has 0 bridgehead atoms. The second kappa shape index (κ2) is 11.3. The first-order chi connectivity index (χ1) is 18.4. The number of likely N-dealkylation sites (N-methyl/N-ethyl adjacent to an activating group) is 1. The van der Waals surface area contributed by atoms with Gasteiger partial charge in [-0.05, 0) is 60.9 Å². The van der Waals surface area contributed by atoms with Crippen LogP contribution >= 0.6 is 11.6 Å². The van der Waals surface area contributed by atoms with Gasteiger partial charge in [-0.3, -0.25) is 4.79 Å². The van der Waals surface area contributed by atoms with Gasteiger partial charge in [0.05, 0.1) is 6.04 Å². The van der Waals surface area contributed by atoms with Crippen LogP contribution in [0.25, 0.3) is 0 Å². The molecule has 5 rings (SSSR count). The van der Waals surface area contributed by atoms with Crippen LogP contribution < -0.4 is 9.64 Å². The number of piperidine rings is 1. The van der Waals surface area contributed by atoms with Crippen molar-refractivity contribution in [3.05, 3.63) is 83.5 Å². The average molecular weight is 538 g/mol. The Hall–Kier alpha value is -3.72. The Balaban J connectivity index is 1.29. The van der Waals surface area contributed by atoms with E-state index in [-0.39, 0.29) is 29.5 Å². The molecular formula is C28H29ClFN5O3. The van der Waals surface area contributed by atoms with Crippen LogP contribution in [0.5, 0.6) is 5.75 Å². The van der Waals surface area contributed by atoms with E-state index in [1.54, 1.807) is 13.2 Å². The quantitative estimate of drug-likeness (QED) is 0.473. The predicted octanol–water partition coefficient (Wildman–Crippen LogP) is 4.61. The van der Waals surface area contributed by atoms with Gasteiger partial charge in [0.1, 0.15) is 23.7 Å². The van der Waals surface area contributed by atoms with Gasteiger partial charge in [-0.2, -0.15) is 0 Å². The molecule has 2 amide bonds. The lowest BCUT2D eigenvalue weighted by Crippen LogP contribution is -2.45. The van der Waals surface area contributed by atoms with Crippen LogP contribution in [0.4, 0.5) is 15.0 Å². The molecule has 0 saturated carbocycles. The molecule has 0 spiro atoms. The number of carbonyl (C=O) groups excluding carboxylic acids is 2. The normalized spacial score (nSPS) is 19.9. The highest BCUT2D eigenvalue weighted by Gasteiger charge is 2.42. The molecule has 10 heteroatoms. The van der Waals surface area contributed by atoms with Gasteiger partial charge in [-0.25, -0.2) is 19.2 Å². The highest BCUT2D eigenvalue weighted by molar-refractivity contribution is 6.30. The Bertz CT molecular complexity index is 1250. The Morgan fingerprint density at radius 3 is 2.39 bits per heavy atom. The molecule has 3 aromatic rings. The van der Waals surface area contributed by atoms with Crippen LogP contribution in [0.2, 0.25) is 5.02 Å². The summed E-state index contributed by atoms with van der Waals surface area (Å²) >= 11 is 6.12. The summed E-state index contributed by atoms with van der Waals surface area (Å²) in [4.78, 5) is 40.5. The molecule has 198 valence electrons. The second-order valence-electron chi connectivity index (χ2n) is 9.73. The van der Waals surface area contributed by atoms with Crippen LogP contribution in [0.3, 0.4) is 0 Å². The fourth-order valence-electron chi connectivity index (χ4n) is 5.29. The van der Waals surface area contributed by atoms with Crippen molar-refractivity contribution in [2.45, 2.75) is 24.8 Å². The maximum Gasteiger partial charge on any atom is 0.415 e. The van der Waals surface area contributed by atoms with Crippen LogP contribution in [0.15, 0.2) is 67.1 Å². The molecular weight excluding hydrogens is 509 g/mol. The number of aromatic nitrogens is 2. The number of nitrogens with zero attached hydrogens (tertiary/aromatic N) is 5. The molecule has 2 fully saturated rings. The number of benzene rings is 2. The number of amides is 2. The first-order valence-corrected chi connectivity index (χ1v) is 13.0. The largest absolute Gasteiger partial charge is 0.415 e. The Kier molecular flexibility index (Phi) is 7.74. The van der Waals surface area contributed by atoms with Crippen molar-refractivity contribution in [2.24, 2.45) is 5.92 Å². The number of hydrogen-bond acceptors (Lipinski definition) is 6. The first kappa shape index (κ1) is 25.9. The van der Waals surface area contributed by atoms with Crippen LogP contribution in [-0.2, 0) is 4.79 Å². The van der Waals surface area contributed by atoms with E-state index in [0.717, 1.165) is 37.3 Å². The Labute approximate surface area is 226 Å². The summed E-state index contributed by atoms with van der Waals surface area (Å²) in [6, 6.07) is 14.4. The van der Waals surface area contributed by atoms with Gasteiger partial charge in [0.25, 0.3) is 0 Å². The molecule has 2 saturated heterocycles. The van der Waals surface area contributed by atoms with Gasteiger partial charge in [-0.1, -0.05) is 23.7 Å². The average Bonchev–Trinajstić information content (AvgIpc) is 3.40. The smallest absolute Gasteiger partial charge is 0.410 e. The van der Waals surface area contributed by atoms with Gasteiger partial charge in [0.2, 0.25) is 5.91 Å². The van der Waals surface area contributed by atoms with Gasteiger partial charge < -0.3 is 19.4 Å². The number of hydrogen-bond donors (Lipinski definition) is 0. The standard InChI is InChI=1S/C28H29ClFN5O3/c1-33(28(37)38-23-8-6-22(30)7-9-23)25-17-35(16-24(25)19-2-4-21(29)5-3-19)27(36)20-11-14-34(15-12-20)26-10-13-31-18-32-26/h2-10,13,18,20,24-25H,11-12,14-17H2,1H3/t24-,25+/m0/s1. The zero-order chi connectivity index (χ0) is 26.6. The highest BCUT2D eigenvalue weighted by atomic mass is 35.5. The minimum absolute atomic E-state index is 0.0887. The molecule has 0 aliphatic carbocycles. The van der Waals surface area contributed by atoms with Crippen molar-refractivity contribution in [2.75, 3.05) is 38.1 Å².